The number of likely N-dealkylation sites (tertiary alicyclic amines) is 1. The Morgan fingerprint density at radius 2 is 1.87 bits per heavy atom. The zero-order valence-corrected chi connectivity index (χ0v) is 17.9. The second-order valence-corrected chi connectivity index (χ2v) is 8.73. The number of nitriles is 1. The number of hydrogen-bond acceptors (Lipinski definition) is 4. The number of piperidine rings is 1. The van der Waals surface area contributed by atoms with Gasteiger partial charge in [0.05, 0.1) is 23.0 Å². The van der Waals surface area contributed by atoms with Crippen LogP contribution in [0.5, 0.6) is 0 Å². The molecule has 0 spiro atoms. The standard InChI is InChI=1S/C26H29N5/c27-17-20-11-13-23(14-12-20)31-26-24(10-4-5-15-28-26)25(29-31)22-9-6-16-30(19-22)18-21-7-2-1-3-8-21/h1-3,7-8,11-14,22,28H,4-6,9-10,15-16,18-19H2. The number of benzene rings is 2. The Kier molecular flexibility index (Phi) is 5.73. The predicted octanol–water partition coefficient (Wildman–Crippen LogP) is 4.87. The van der Waals surface area contributed by atoms with Crippen molar-refractivity contribution in [3.05, 3.63) is 77.0 Å². The van der Waals surface area contributed by atoms with Crippen LogP contribution in [-0.2, 0) is 13.0 Å². The number of nitrogens with one attached hydrogen (secondary N) is 1. The van der Waals surface area contributed by atoms with E-state index < -0.39 is 0 Å². The molecule has 0 saturated carbocycles. The molecule has 3 heterocycles. The zero-order valence-electron chi connectivity index (χ0n) is 17.9. The second-order valence-electron chi connectivity index (χ2n) is 8.73. The Hall–Kier alpha value is -3.10. The van der Waals surface area contributed by atoms with Crippen LogP contribution in [0.2, 0.25) is 0 Å². The van der Waals surface area contributed by atoms with Gasteiger partial charge >= 0.3 is 0 Å². The summed E-state index contributed by atoms with van der Waals surface area (Å²) in [6.45, 7) is 4.21. The van der Waals surface area contributed by atoms with Crippen LogP contribution in [0.3, 0.4) is 0 Å². The van der Waals surface area contributed by atoms with Gasteiger partial charge in [0.1, 0.15) is 5.82 Å². The van der Waals surface area contributed by atoms with E-state index in [4.69, 9.17) is 10.4 Å². The van der Waals surface area contributed by atoms with Crippen LogP contribution in [0.1, 0.15) is 54.0 Å². The molecule has 0 aliphatic carbocycles. The molecule has 0 radical (unpaired) electrons. The van der Waals surface area contributed by atoms with E-state index in [0.717, 1.165) is 44.1 Å². The highest BCUT2D eigenvalue weighted by Crippen LogP contribution is 2.36. The van der Waals surface area contributed by atoms with Gasteiger partial charge in [0, 0.05) is 31.1 Å². The van der Waals surface area contributed by atoms with Gasteiger partial charge in [-0.3, -0.25) is 4.90 Å². The van der Waals surface area contributed by atoms with Crippen molar-refractivity contribution in [2.24, 2.45) is 0 Å². The first-order valence-electron chi connectivity index (χ1n) is 11.4. The van der Waals surface area contributed by atoms with Gasteiger partial charge in [-0.15, -0.1) is 0 Å². The molecule has 1 atom stereocenters. The third-order valence-corrected chi connectivity index (χ3v) is 6.54. The Balaban J connectivity index is 1.45. The monoisotopic (exact) mass is 411 g/mol. The summed E-state index contributed by atoms with van der Waals surface area (Å²) < 4.78 is 2.08. The van der Waals surface area contributed by atoms with Crippen LogP contribution in [0.15, 0.2) is 54.6 Å². The average molecular weight is 412 g/mol. The lowest BCUT2D eigenvalue weighted by Crippen LogP contribution is -2.34. The van der Waals surface area contributed by atoms with Crippen LogP contribution in [-0.4, -0.2) is 34.3 Å². The number of anilines is 1. The minimum Gasteiger partial charge on any atom is -0.370 e. The summed E-state index contributed by atoms with van der Waals surface area (Å²) in [7, 11) is 0. The van der Waals surface area contributed by atoms with Gasteiger partial charge in [0.2, 0.25) is 0 Å². The quantitative estimate of drug-likeness (QED) is 0.665. The molecule has 0 amide bonds. The molecule has 5 heteroatoms. The maximum Gasteiger partial charge on any atom is 0.133 e. The van der Waals surface area contributed by atoms with Gasteiger partial charge in [-0.2, -0.15) is 10.4 Å². The SMILES string of the molecule is N#Cc1ccc(-n2nc(C3CCCN(Cc4ccccc4)C3)c3c2NCCCC3)cc1. The number of rotatable bonds is 4. The molecule has 3 aromatic rings. The molecule has 5 nitrogen and oxygen atoms in total. The number of fused-ring (bicyclic) bond motifs is 1. The molecule has 1 saturated heterocycles. The minimum atomic E-state index is 0.464. The van der Waals surface area contributed by atoms with E-state index in [0.29, 0.717) is 11.5 Å². The molecule has 1 N–H and O–H groups in total. The summed E-state index contributed by atoms with van der Waals surface area (Å²) in [5, 5.41) is 18.0. The molecule has 1 fully saturated rings. The van der Waals surface area contributed by atoms with Gasteiger partial charge < -0.3 is 5.32 Å². The molecule has 2 aliphatic rings. The summed E-state index contributed by atoms with van der Waals surface area (Å²) >= 11 is 0. The highest BCUT2D eigenvalue weighted by atomic mass is 15.3. The van der Waals surface area contributed by atoms with E-state index in [1.54, 1.807) is 0 Å². The molecule has 2 aromatic carbocycles. The molecule has 2 aliphatic heterocycles. The number of aromatic nitrogens is 2. The van der Waals surface area contributed by atoms with Crippen molar-refractivity contribution < 1.29 is 0 Å². The Labute approximate surface area is 184 Å². The van der Waals surface area contributed by atoms with E-state index in [1.165, 1.54) is 42.5 Å². The van der Waals surface area contributed by atoms with Crippen molar-refractivity contribution in [2.45, 2.75) is 44.6 Å². The molecular weight excluding hydrogens is 382 g/mol. The second kappa shape index (κ2) is 8.95. The third kappa shape index (κ3) is 4.22. The van der Waals surface area contributed by atoms with E-state index >= 15 is 0 Å². The van der Waals surface area contributed by atoms with Gasteiger partial charge in [-0.05, 0) is 68.5 Å². The molecule has 158 valence electrons. The smallest absolute Gasteiger partial charge is 0.133 e. The fraction of sp³-hybridized carbons (Fsp3) is 0.385. The Morgan fingerprint density at radius 3 is 2.68 bits per heavy atom. The summed E-state index contributed by atoms with van der Waals surface area (Å²) in [6, 6.07) is 20.8. The lowest BCUT2D eigenvalue weighted by Gasteiger charge is -2.32. The van der Waals surface area contributed by atoms with Crippen molar-refractivity contribution in [1.82, 2.24) is 14.7 Å². The van der Waals surface area contributed by atoms with Gasteiger partial charge in [0.15, 0.2) is 0 Å². The van der Waals surface area contributed by atoms with Gasteiger partial charge in [0.25, 0.3) is 0 Å². The van der Waals surface area contributed by atoms with Crippen LogP contribution in [0.4, 0.5) is 5.82 Å². The molecule has 1 aromatic heterocycles. The first-order valence-corrected chi connectivity index (χ1v) is 11.4. The Morgan fingerprint density at radius 1 is 1.03 bits per heavy atom. The zero-order chi connectivity index (χ0) is 21.0. The fourth-order valence-electron chi connectivity index (χ4n) is 4.98. The van der Waals surface area contributed by atoms with Crippen LogP contribution < -0.4 is 5.32 Å². The summed E-state index contributed by atoms with van der Waals surface area (Å²) in [4.78, 5) is 2.58. The maximum atomic E-state index is 9.14. The Bertz CT molecular complexity index is 1060. The molecule has 31 heavy (non-hydrogen) atoms. The fourth-order valence-corrected chi connectivity index (χ4v) is 4.98. The first-order chi connectivity index (χ1) is 15.3. The van der Waals surface area contributed by atoms with Crippen LogP contribution in [0, 0.1) is 11.3 Å². The first kappa shape index (κ1) is 19.8. The largest absolute Gasteiger partial charge is 0.370 e. The summed E-state index contributed by atoms with van der Waals surface area (Å²) in [5.74, 6) is 1.61. The highest BCUT2D eigenvalue weighted by molar-refractivity contribution is 5.55. The molecule has 1 unspecified atom stereocenters. The van der Waals surface area contributed by atoms with E-state index in [-0.39, 0.29) is 0 Å². The van der Waals surface area contributed by atoms with E-state index in [1.807, 2.05) is 24.3 Å². The maximum absolute atomic E-state index is 9.14. The van der Waals surface area contributed by atoms with Crippen LogP contribution in [0.25, 0.3) is 5.69 Å². The molecule has 5 rings (SSSR count). The number of hydrogen-bond donors (Lipinski definition) is 1. The molecule has 0 bridgehead atoms. The lowest BCUT2D eigenvalue weighted by atomic mass is 9.91. The number of nitrogens with zero attached hydrogens (tertiary/aromatic N) is 4. The van der Waals surface area contributed by atoms with Crippen molar-refractivity contribution in [2.75, 3.05) is 25.0 Å². The minimum absolute atomic E-state index is 0.464. The lowest BCUT2D eigenvalue weighted by molar-refractivity contribution is 0.198. The normalized spacial score (nSPS) is 19.1. The van der Waals surface area contributed by atoms with Crippen molar-refractivity contribution in [1.29, 1.82) is 5.26 Å². The predicted molar refractivity (Wildman–Crippen MR) is 123 cm³/mol. The third-order valence-electron chi connectivity index (χ3n) is 6.54. The highest BCUT2D eigenvalue weighted by Gasteiger charge is 2.29. The topological polar surface area (TPSA) is 56.9 Å². The summed E-state index contributed by atoms with van der Waals surface area (Å²) in [6.07, 6.45) is 5.88. The van der Waals surface area contributed by atoms with Crippen molar-refractivity contribution in [3.63, 3.8) is 0 Å². The van der Waals surface area contributed by atoms with E-state index in [2.05, 4.69) is 51.3 Å². The van der Waals surface area contributed by atoms with Crippen molar-refractivity contribution in [3.8, 4) is 11.8 Å². The van der Waals surface area contributed by atoms with Gasteiger partial charge in [-0.25, -0.2) is 4.68 Å². The van der Waals surface area contributed by atoms with Crippen LogP contribution >= 0.6 is 0 Å². The van der Waals surface area contributed by atoms with Gasteiger partial charge in [-0.1, -0.05) is 30.3 Å². The summed E-state index contributed by atoms with van der Waals surface area (Å²) in [5.41, 5.74) is 5.75. The molecular formula is C26H29N5. The average Bonchev–Trinajstić information content (AvgIpc) is 3.00. The van der Waals surface area contributed by atoms with Crippen molar-refractivity contribution >= 4 is 5.82 Å². The van der Waals surface area contributed by atoms with E-state index in [9.17, 15) is 0 Å².